The maximum atomic E-state index is 0. The molecule has 0 N–H and O–H groups in total. The third-order valence-corrected chi connectivity index (χ3v) is 0. The summed E-state index contributed by atoms with van der Waals surface area (Å²) in [6.45, 7) is 0. The van der Waals surface area contributed by atoms with E-state index in [1.54, 1.807) is 0 Å². The van der Waals surface area contributed by atoms with Crippen LogP contribution in [0.2, 0.25) is 0 Å². The van der Waals surface area contributed by atoms with E-state index in [1.807, 2.05) is 0 Å². The quantitative estimate of drug-likeness (QED) is 0.286. The molecular formula is H6AgAsAuCuSb. The second-order valence-corrected chi connectivity index (χ2v) is 0. The van der Waals surface area contributed by atoms with Gasteiger partial charge in [-0.15, -0.1) is 0 Å². The molecule has 0 bridgehead atoms. The Morgan fingerprint density at radius 1 is 1.00 bits per heavy atom. The van der Waals surface area contributed by atoms with Crippen LogP contribution in [0.4, 0.5) is 0 Å². The fraction of sp³-hybridized carbons (Fsp3) is 0. The van der Waals surface area contributed by atoms with Crippen molar-refractivity contribution in [2.24, 2.45) is 0 Å². The van der Waals surface area contributed by atoms with E-state index in [0.717, 1.165) is 0 Å². The summed E-state index contributed by atoms with van der Waals surface area (Å²) in [7, 11) is 0. The topological polar surface area (TPSA) is 0 Å². The summed E-state index contributed by atoms with van der Waals surface area (Å²) in [6.07, 6.45) is 0. The zero-order chi connectivity index (χ0) is 0. The summed E-state index contributed by atoms with van der Waals surface area (Å²) < 4.78 is 0. The number of hydrogen-bond donors (Lipinski definition) is 0. The fourth-order valence-electron chi connectivity index (χ4n) is 0. The number of rotatable bonds is 0. The van der Waals surface area contributed by atoms with E-state index in [9.17, 15) is 0 Å². The van der Waals surface area contributed by atoms with Crippen LogP contribution in [-0.4, -0.2) is 42.4 Å². The van der Waals surface area contributed by atoms with E-state index in [-0.39, 0.29) is 104 Å². The fourth-order valence-corrected chi connectivity index (χ4v) is 0. The van der Waals surface area contributed by atoms with Crippen molar-refractivity contribution < 1.29 is 61.8 Å². The van der Waals surface area contributed by atoms with Crippen LogP contribution in [0.5, 0.6) is 0 Å². The molecule has 0 aromatic carbocycles. The molecule has 0 saturated heterocycles. The van der Waals surface area contributed by atoms with Gasteiger partial charge in [0.2, 0.25) is 0 Å². The van der Waals surface area contributed by atoms with Gasteiger partial charge in [-0.25, -0.2) is 0 Å². The predicted molar refractivity (Wildman–Crippen MR) is 19.9 cm³/mol. The van der Waals surface area contributed by atoms with E-state index in [0.29, 0.717) is 0 Å². The number of hydrogen-bond acceptors (Lipinski definition) is 0. The van der Waals surface area contributed by atoms with E-state index in [2.05, 4.69) is 0 Å². The molecule has 1 atom stereocenters. The van der Waals surface area contributed by atoms with Crippen LogP contribution in [-0.2, 0) is 61.8 Å². The van der Waals surface area contributed by atoms with Crippen molar-refractivity contribution in [1.29, 1.82) is 0 Å². The summed E-state index contributed by atoms with van der Waals surface area (Å²) in [4.78, 5) is 0. The molecule has 0 amide bonds. The minimum absolute atomic E-state index is 0. The summed E-state index contributed by atoms with van der Waals surface area (Å²) in [5, 5.41) is 0. The van der Waals surface area contributed by atoms with Crippen LogP contribution >= 0.6 is 0 Å². The van der Waals surface area contributed by atoms with Crippen LogP contribution in [0.15, 0.2) is 0 Å². The second-order valence-electron chi connectivity index (χ2n) is 0. The molecular weight excluding hydrogens is 565 g/mol. The summed E-state index contributed by atoms with van der Waals surface area (Å²) in [5.74, 6) is 0. The van der Waals surface area contributed by atoms with Crippen LogP contribution < -0.4 is 0 Å². The van der Waals surface area contributed by atoms with Crippen molar-refractivity contribution >= 4 is 42.4 Å². The molecule has 49 valence electrons. The molecule has 0 spiro atoms. The summed E-state index contributed by atoms with van der Waals surface area (Å²) >= 11 is 0. The summed E-state index contributed by atoms with van der Waals surface area (Å²) in [5.41, 5.74) is 0. The Bertz CT molecular complexity index is 11.6. The van der Waals surface area contributed by atoms with Gasteiger partial charge in [0.25, 0.3) is 0 Å². The minimum atomic E-state index is 0. The molecule has 5 heteroatoms. The first-order valence-electron chi connectivity index (χ1n) is 0. The van der Waals surface area contributed by atoms with Gasteiger partial charge in [-0.1, -0.05) is 0 Å². The van der Waals surface area contributed by atoms with Gasteiger partial charge < -0.3 is 0 Å². The average Bonchev–Trinajstić information content (AvgIpc) is 0. The van der Waals surface area contributed by atoms with Crippen LogP contribution in [0, 0.1) is 0 Å². The normalized spacial score (nSPS) is 0. The zero-order valence-electron chi connectivity index (χ0n) is 2.32. The Morgan fingerprint density at radius 2 is 1.00 bits per heavy atom. The van der Waals surface area contributed by atoms with Crippen LogP contribution in [0.25, 0.3) is 0 Å². The molecule has 1 unspecified atom stereocenters. The zero-order valence-corrected chi connectivity index (χ0v) is 13.9. The second kappa shape index (κ2) is 26.3. The molecule has 3 radical (unpaired) electrons. The monoisotopic (exact) mass is 569 g/mol. The Hall–Kier alpha value is 3.38. The standard InChI is InChI=1S/Ag.AsH3.Au.Cu.Sb.3H/h;1H3;;;;;;. The van der Waals surface area contributed by atoms with Crippen LogP contribution in [0.1, 0.15) is 0 Å². The Morgan fingerprint density at radius 3 is 1.00 bits per heavy atom. The van der Waals surface area contributed by atoms with Gasteiger partial charge in [0.1, 0.15) is 0 Å². The van der Waals surface area contributed by atoms with Gasteiger partial charge in [-0.05, 0) is 0 Å². The molecule has 0 aliphatic heterocycles. The van der Waals surface area contributed by atoms with Gasteiger partial charge in [-0.3, -0.25) is 0 Å². The molecule has 0 nitrogen and oxygen atoms in total. The average molecular weight is 571 g/mol. The van der Waals surface area contributed by atoms with E-state index >= 15 is 0 Å². The van der Waals surface area contributed by atoms with Gasteiger partial charge in [0, 0.05) is 61.8 Å². The Kier molecular flexibility index (Phi) is 210. The molecule has 0 saturated carbocycles. The molecule has 5 heavy (non-hydrogen) atoms. The van der Waals surface area contributed by atoms with E-state index < -0.39 is 0 Å². The Balaban J connectivity index is 0. The SMILES string of the molecule is [Ag].[AsH3].[Au].[Cu].[SbH3]. The first kappa shape index (κ1) is 40.0. The first-order chi connectivity index (χ1) is 0. The molecule has 0 rings (SSSR count). The molecule has 0 aromatic rings. The van der Waals surface area contributed by atoms with E-state index in [4.69, 9.17) is 0 Å². The third kappa shape index (κ3) is 18.7. The van der Waals surface area contributed by atoms with Crippen molar-refractivity contribution in [3.63, 3.8) is 0 Å². The van der Waals surface area contributed by atoms with E-state index in [1.165, 1.54) is 0 Å². The third-order valence-electron chi connectivity index (χ3n) is 0. The predicted octanol–water partition coefficient (Wildman–Crippen LogP) is -2.38. The van der Waals surface area contributed by atoms with Crippen molar-refractivity contribution in [3.8, 4) is 0 Å². The molecule has 0 aromatic heterocycles. The van der Waals surface area contributed by atoms with Gasteiger partial charge >= 0.3 is 42.4 Å². The maximum absolute atomic E-state index is 0. The van der Waals surface area contributed by atoms with Crippen molar-refractivity contribution in [2.75, 3.05) is 0 Å². The van der Waals surface area contributed by atoms with Gasteiger partial charge in [-0.2, -0.15) is 0 Å². The summed E-state index contributed by atoms with van der Waals surface area (Å²) in [6, 6.07) is 0. The molecule has 0 aliphatic carbocycles. The van der Waals surface area contributed by atoms with Crippen LogP contribution in [0.3, 0.4) is 0 Å². The molecule has 0 aliphatic rings. The Labute approximate surface area is 102 Å². The van der Waals surface area contributed by atoms with Gasteiger partial charge in [0.15, 0.2) is 0 Å². The molecule has 0 heterocycles. The van der Waals surface area contributed by atoms with Gasteiger partial charge in [0.05, 0.1) is 0 Å². The van der Waals surface area contributed by atoms with Crippen molar-refractivity contribution in [2.45, 2.75) is 0 Å². The van der Waals surface area contributed by atoms with Crippen molar-refractivity contribution in [3.05, 3.63) is 0 Å². The molecule has 0 fully saturated rings. The first-order valence-corrected chi connectivity index (χ1v) is 0. The van der Waals surface area contributed by atoms with Crippen molar-refractivity contribution in [1.82, 2.24) is 0 Å².